The Bertz CT molecular complexity index is 866. The standard InChI is InChI=1S/C19H16ClNO2/c1-2-23-19(22)16-13-15(12-11-14-7-4-3-5-8-14)21-17(16)9-6-10-18(21)20/h3-13H,2H2,1H3/b12-11+. The summed E-state index contributed by atoms with van der Waals surface area (Å²) in [4.78, 5) is 12.2. The Hall–Kier alpha value is -2.52. The normalized spacial score (nSPS) is 11.2. The summed E-state index contributed by atoms with van der Waals surface area (Å²) in [5.41, 5.74) is 3.16. The van der Waals surface area contributed by atoms with Crippen LogP contribution in [0.15, 0.2) is 54.6 Å². The Morgan fingerprint density at radius 1 is 1.13 bits per heavy atom. The van der Waals surface area contributed by atoms with Gasteiger partial charge in [0.1, 0.15) is 5.15 Å². The van der Waals surface area contributed by atoms with E-state index in [1.165, 1.54) is 0 Å². The fourth-order valence-corrected chi connectivity index (χ4v) is 2.74. The van der Waals surface area contributed by atoms with Gasteiger partial charge in [0.2, 0.25) is 0 Å². The number of pyridine rings is 1. The minimum Gasteiger partial charge on any atom is -0.462 e. The predicted octanol–water partition coefficient (Wildman–Crippen LogP) is 4.94. The molecule has 3 nitrogen and oxygen atoms in total. The molecule has 0 saturated heterocycles. The summed E-state index contributed by atoms with van der Waals surface area (Å²) in [6.45, 7) is 2.13. The van der Waals surface area contributed by atoms with Crippen molar-refractivity contribution in [2.75, 3.05) is 6.61 Å². The summed E-state index contributed by atoms with van der Waals surface area (Å²) in [6, 6.07) is 17.2. The third kappa shape index (κ3) is 3.15. The third-order valence-electron chi connectivity index (χ3n) is 3.51. The molecule has 1 aromatic carbocycles. The van der Waals surface area contributed by atoms with Crippen LogP contribution in [0, 0.1) is 0 Å². The first-order chi connectivity index (χ1) is 11.2. The van der Waals surface area contributed by atoms with Crippen molar-refractivity contribution < 1.29 is 9.53 Å². The Kier molecular flexibility index (Phi) is 4.49. The highest BCUT2D eigenvalue weighted by molar-refractivity contribution is 6.30. The summed E-state index contributed by atoms with van der Waals surface area (Å²) < 4.78 is 6.97. The lowest BCUT2D eigenvalue weighted by Gasteiger charge is -2.03. The lowest BCUT2D eigenvalue weighted by Crippen LogP contribution is -2.03. The summed E-state index contributed by atoms with van der Waals surface area (Å²) in [7, 11) is 0. The van der Waals surface area contributed by atoms with E-state index in [0.717, 1.165) is 16.8 Å². The number of halogens is 1. The van der Waals surface area contributed by atoms with Crippen molar-refractivity contribution in [2.45, 2.75) is 6.92 Å². The number of ether oxygens (including phenoxy) is 1. The molecule has 0 saturated carbocycles. The molecule has 0 aliphatic heterocycles. The van der Waals surface area contributed by atoms with E-state index in [1.54, 1.807) is 19.1 Å². The monoisotopic (exact) mass is 325 g/mol. The summed E-state index contributed by atoms with van der Waals surface area (Å²) in [5, 5.41) is 0.547. The molecule has 0 fully saturated rings. The highest BCUT2D eigenvalue weighted by Crippen LogP contribution is 2.24. The summed E-state index contributed by atoms with van der Waals surface area (Å²) in [5.74, 6) is -0.341. The number of fused-ring (bicyclic) bond motifs is 1. The van der Waals surface area contributed by atoms with E-state index < -0.39 is 0 Å². The second-order valence-corrected chi connectivity index (χ2v) is 5.40. The lowest BCUT2D eigenvalue weighted by molar-refractivity contribution is 0.0529. The Morgan fingerprint density at radius 2 is 1.91 bits per heavy atom. The van der Waals surface area contributed by atoms with E-state index in [1.807, 2.05) is 59.0 Å². The largest absolute Gasteiger partial charge is 0.462 e. The van der Waals surface area contributed by atoms with Crippen LogP contribution in [-0.4, -0.2) is 17.0 Å². The van der Waals surface area contributed by atoms with Crippen molar-refractivity contribution in [3.63, 3.8) is 0 Å². The van der Waals surface area contributed by atoms with Crippen LogP contribution in [0.3, 0.4) is 0 Å². The topological polar surface area (TPSA) is 30.7 Å². The van der Waals surface area contributed by atoms with Crippen molar-refractivity contribution in [1.82, 2.24) is 4.40 Å². The van der Waals surface area contributed by atoms with Crippen molar-refractivity contribution in [3.8, 4) is 0 Å². The zero-order valence-corrected chi connectivity index (χ0v) is 13.5. The molecule has 0 amide bonds. The van der Waals surface area contributed by atoms with Crippen molar-refractivity contribution in [2.24, 2.45) is 0 Å². The first-order valence-electron chi connectivity index (χ1n) is 7.41. The van der Waals surface area contributed by atoms with Gasteiger partial charge >= 0.3 is 5.97 Å². The number of aromatic nitrogens is 1. The van der Waals surface area contributed by atoms with Crippen molar-refractivity contribution in [3.05, 3.63) is 76.6 Å². The van der Waals surface area contributed by atoms with E-state index in [4.69, 9.17) is 16.3 Å². The molecule has 0 bridgehead atoms. The van der Waals surface area contributed by atoms with Crippen LogP contribution in [0.2, 0.25) is 5.15 Å². The van der Waals surface area contributed by atoms with Crippen molar-refractivity contribution in [1.29, 1.82) is 0 Å². The van der Waals surface area contributed by atoms with E-state index in [-0.39, 0.29) is 5.97 Å². The molecule has 3 aromatic rings. The average molecular weight is 326 g/mol. The number of esters is 1. The summed E-state index contributed by atoms with van der Waals surface area (Å²) in [6.07, 6.45) is 3.93. The molecule has 0 aliphatic carbocycles. The van der Waals surface area contributed by atoms with Gasteiger partial charge in [-0.05, 0) is 36.8 Å². The molecule has 0 radical (unpaired) electrons. The number of carbonyl (C=O) groups is 1. The van der Waals surface area contributed by atoms with Gasteiger partial charge in [-0.25, -0.2) is 4.79 Å². The zero-order chi connectivity index (χ0) is 16.2. The van der Waals surface area contributed by atoms with Gasteiger partial charge in [0.15, 0.2) is 0 Å². The molecule has 2 aromatic heterocycles. The van der Waals surface area contributed by atoms with Crippen LogP contribution in [0.4, 0.5) is 0 Å². The van der Waals surface area contributed by atoms with Crippen LogP contribution in [0.25, 0.3) is 17.7 Å². The molecule has 2 heterocycles. The van der Waals surface area contributed by atoms with Crippen LogP contribution in [0.5, 0.6) is 0 Å². The Balaban J connectivity index is 2.10. The second-order valence-electron chi connectivity index (χ2n) is 5.02. The van der Waals surface area contributed by atoms with E-state index in [0.29, 0.717) is 17.3 Å². The third-order valence-corrected chi connectivity index (χ3v) is 3.81. The quantitative estimate of drug-likeness (QED) is 0.502. The molecule has 116 valence electrons. The number of hydrogen-bond acceptors (Lipinski definition) is 2. The molecule has 0 unspecified atom stereocenters. The minimum atomic E-state index is -0.341. The fraction of sp³-hybridized carbons (Fsp3) is 0.105. The molecule has 0 atom stereocenters. The first-order valence-corrected chi connectivity index (χ1v) is 7.78. The number of rotatable bonds is 4. The molecule has 23 heavy (non-hydrogen) atoms. The van der Waals surface area contributed by atoms with E-state index >= 15 is 0 Å². The Morgan fingerprint density at radius 3 is 2.65 bits per heavy atom. The number of hydrogen-bond donors (Lipinski definition) is 0. The molecule has 0 N–H and O–H groups in total. The Labute approximate surface area is 139 Å². The SMILES string of the molecule is CCOC(=O)c1cc(/C=C/c2ccccc2)n2c(Cl)cccc12. The van der Waals surface area contributed by atoms with Gasteiger partial charge in [-0.2, -0.15) is 0 Å². The second kappa shape index (κ2) is 6.71. The van der Waals surface area contributed by atoms with Gasteiger partial charge in [-0.15, -0.1) is 0 Å². The molecule has 0 spiro atoms. The van der Waals surface area contributed by atoms with Gasteiger partial charge in [-0.3, -0.25) is 4.40 Å². The number of nitrogens with zero attached hydrogens (tertiary/aromatic N) is 1. The van der Waals surface area contributed by atoms with Crippen LogP contribution < -0.4 is 0 Å². The molecule has 4 heteroatoms. The zero-order valence-electron chi connectivity index (χ0n) is 12.7. The van der Waals surface area contributed by atoms with Gasteiger partial charge in [0.05, 0.1) is 17.7 Å². The maximum atomic E-state index is 12.2. The number of benzene rings is 1. The summed E-state index contributed by atoms with van der Waals surface area (Å²) >= 11 is 6.32. The van der Waals surface area contributed by atoms with Crippen LogP contribution in [-0.2, 0) is 4.74 Å². The molecule has 3 rings (SSSR count). The highest BCUT2D eigenvalue weighted by atomic mass is 35.5. The molecule has 0 aliphatic rings. The van der Waals surface area contributed by atoms with Gasteiger partial charge < -0.3 is 4.74 Å². The van der Waals surface area contributed by atoms with E-state index in [9.17, 15) is 4.79 Å². The first kappa shape index (κ1) is 15.4. The lowest BCUT2D eigenvalue weighted by atomic mass is 10.2. The highest BCUT2D eigenvalue weighted by Gasteiger charge is 2.16. The van der Waals surface area contributed by atoms with Crippen LogP contribution >= 0.6 is 11.6 Å². The minimum absolute atomic E-state index is 0.339. The maximum Gasteiger partial charge on any atom is 0.340 e. The average Bonchev–Trinajstić information content (AvgIpc) is 2.94. The molecular weight excluding hydrogens is 310 g/mol. The van der Waals surface area contributed by atoms with E-state index in [2.05, 4.69) is 0 Å². The maximum absolute atomic E-state index is 12.2. The van der Waals surface area contributed by atoms with Crippen molar-refractivity contribution >= 4 is 35.2 Å². The molecular formula is C19H16ClNO2. The van der Waals surface area contributed by atoms with Gasteiger partial charge in [0, 0.05) is 5.69 Å². The number of carbonyl (C=O) groups excluding carboxylic acids is 1. The van der Waals surface area contributed by atoms with Crippen LogP contribution in [0.1, 0.15) is 28.5 Å². The van der Waals surface area contributed by atoms with Gasteiger partial charge in [-0.1, -0.05) is 54.1 Å². The predicted molar refractivity (Wildman–Crippen MR) is 93.7 cm³/mol. The smallest absolute Gasteiger partial charge is 0.340 e. The van der Waals surface area contributed by atoms with Gasteiger partial charge in [0.25, 0.3) is 0 Å². The fourth-order valence-electron chi connectivity index (χ4n) is 2.48.